The van der Waals surface area contributed by atoms with Crippen LogP contribution < -0.4 is 0 Å². The summed E-state index contributed by atoms with van der Waals surface area (Å²) in [6.45, 7) is 3.64. The van der Waals surface area contributed by atoms with Crippen molar-refractivity contribution in [2.45, 2.75) is 13.8 Å². The molecule has 0 atom stereocenters. The minimum Gasteiger partial charge on any atom is -0.258 e. The Morgan fingerprint density at radius 2 is 1.94 bits per heavy atom. The molecular formula is C12H10ClN3O2. The Kier molecular flexibility index (Phi) is 3.25. The summed E-state index contributed by atoms with van der Waals surface area (Å²) >= 11 is 5.87. The zero-order valence-corrected chi connectivity index (χ0v) is 10.6. The van der Waals surface area contributed by atoms with E-state index in [1.807, 2.05) is 6.92 Å². The molecule has 0 aliphatic carbocycles. The normalized spacial score (nSPS) is 10.4. The van der Waals surface area contributed by atoms with Crippen LogP contribution in [0.2, 0.25) is 5.15 Å². The molecule has 0 saturated heterocycles. The summed E-state index contributed by atoms with van der Waals surface area (Å²) in [5, 5.41) is 11.1. The van der Waals surface area contributed by atoms with Crippen molar-refractivity contribution in [1.29, 1.82) is 0 Å². The molecule has 0 fully saturated rings. The fourth-order valence-corrected chi connectivity index (χ4v) is 1.85. The summed E-state index contributed by atoms with van der Waals surface area (Å²) in [6.07, 6.45) is 0. The molecule has 1 heterocycles. The number of rotatable bonds is 2. The van der Waals surface area contributed by atoms with E-state index in [1.165, 1.54) is 12.1 Å². The van der Waals surface area contributed by atoms with Gasteiger partial charge >= 0.3 is 0 Å². The first-order chi connectivity index (χ1) is 8.47. The Balaban J connectivity index is 2.62. The fourth-order valence-electron chi connectivity index (χ4n) is 1.62. The maximum Gasteiger partial charge on any atom is 0.270 e. The SMILES string of the molecule is Cc1cc(Cl)nc(-c2cc([N+](=O)[O-])ccc2C)n1. The van der Waals surface area contributed by atoms with Gasteiger partial charge < -0.3 is 0 Å². The highest BCUT2D eigenvalue weighted by molar-refractivity contribution is 6.29. The number of hydrogen-bond donors (Lipinski definition) is 0. The number of halogens is 1. The molecule has 5 nitrogen and oxygen atoms in total. The van der Waals surface area contributed by atoms with Crippen molar-refractivity contribution in [1.82, 2.24) is 9.97 Å². The van der Waals surface area contributed by atoms with Crippen molar-refractivity contribution >= 4 is 17.3 Å². The number of nitro groups is 1. The number of hydrogen-bond acceptors (Lipinski definition) is 4. The van der Waals surface area contributed by atoms with Gasteiger partial charge in [-0.05, 0) is 25.5 Å². The van der Waals surface area contributed by atoms with Gasteiger partial charge in [-0.1, -0.05) is 17.7 Å². The third-order valence-electron chi connectivity index (χ3n) is 2.50. The summed E-state index contributed by atoms with van der Waals surface area (Å²) in [5.74, 6) is 0.404. The van der Waals surface area contributed by atoms with Crippen molar-refractivity contribution in [2.75, 3.05) is 0 Å². The molecule has 0 saturated carbocycles. The summed E-state index contributed by atoms with van der Waals surface area (Å²) in [7, 11) is 0. The molecule has 2 rings (SSSR count). The summed E-state index contributed by atoms with van der Waals surface area (Å²) < 4.78 is 0. The van der Waals surface area contributed by atoms with Crippen molar-refractivity contribution in [3.63, 3.8) is 0 Å². The van der Waals surface area contributed by atoms with Gasteiger partial charge in [0.15, 0.2) is 5.82 Å². The molecule has 0 radical (unpaired) electrons. The molecule has 0 aliphatic heterocycles. The predicted molar refractivity (Wildman–Crippen MR) is 68.6 cm³/mol. The largest absolute Gasteiger partial charge is 0.270 e. The maximum absolute atomic E-state index is 10.8. The highest BCUT2D eigenvalue weighted by Gasteiger charge is 2.13. The van der Waals surface area contributed by atoms with Gasteiger partial charge in [-0.25, -0.2) is 9.97 Å². The van der Waals surface area contributed by atoms with Crippen LogP contribution in [0.4, 0.5) is 5.69 Å². The molecule has 0 unspecified atom stereocenters. The molecule has 6 heteroatoms. The number of aryl methyl sites for hydroxylation is 2. The van der Waals surface area contributed by atoms with E-state index < -0.39 is 4.92 Å². The first-order valence-electron chi connectivity index (χ1n) is 5.24. The van der Waals surface area contributed by atoms with Gasteiger partial charge in [0.2, 0.25) is 0 Å². The van der Waals surface area contributed by atoms with Gasteiger partial charge in [-0.2, -0.15) is 0 Å². The fraction of sp³-hybridized carbons (Fsp3) is 0.167. The number of aromatic nitrogens is 2. The van der Waals surface area contributed by atoms with Crippen LogP contribution in [0, 0.1) is 24.0 Å². The third kappa shape index (κ3) is 2.46. The zero-order valence-electron chi connectivity index (χ0n) is 9.85. The van der Waals surface area contributed by atoms with E-state index in [9.17, 15) is 10.1 Å². The topological polar surface area (TPSA) is 68.9 Å². The van der Waals surface area contributed by atoms with Gasteiger partial charge in [0.05, 0.1) is 4.92 Å². The number of non-ortho nitro benzene ring substituents is 1. The number of nitrogens with zero attached hydrogens (tertiary/aromatic N) is 3. The lowest BCUT2D eigenvalue weighted by molar-refractivity contribution is -0.384. The van der Waals surface area contributed by atoms with E-state index >= 15 is 0 Å². The summed E-state index contributed by atoms with van der Waals surface area (Å²) in [4.78, 5) is 18.7. The quantitative estimate of drug-likeness (QED) is 0.473. The van der Waals surface area contributed by atoms with Crippen LogP contribution in [0.3, 0.4) is 0 Å². The first-order valence-corrected chi connectivity index (χ1v) is 5.62. The molecule has 1 aromatic carbocycles. The monoisotopic (exact) mass is 263 g/mol. The zero-order chi connectivity index (χ0) is 13.3. The van der Waals surface area contributed by atoms with E-state index in [-0.39, 0.29) is 5.69 Å². The average Bonchev–Trinajstić information content (AvgIpc) is 2.27. The second-order valence-corrected chi connectivity index (χ2v) is 4.30. The molecule has 92 valence electrons. The van der Waals surface area contributed by atoms with E-state index in [4.69, 9.17) is 11.6 Å². The van der Waals surface area contributed by atoms with Crippen LogP contribution in [-0.2, 0) is 0 Å². The van der Waals surface area contributed by atoms with Crippen LogP contribution in [0.5, 0.6) is 0 Å². The lowest BCUT2D eigenvalue weighted by Gasteiger charge is -2.05. The molecule has 0 amide bonds. The van der Waals surface area contributed by atoms with Crippen LogP contribution in [0.15, 0.2) is 24.3 Å². The molecule has 0 spiro atoms. The minimum atomic E-state index is -0.444. The lowest BCUT2D eigenvalue weighted by atomic mass is 10.1. The van der Waals surface area contributed by atoms with Crippen molar-refractivity contribution < 1.29 is 4.92 Å². The minimum absolute atomic E-state index is 0.0110. The Bertz CT molecular complexity index is 608. The highest BCUT2D eigenvalue weighted by Crippen LogP contribution is 2.26. The molecule has 1 aromatic heterocycles. The second kappa shape index (κ2) is 4.70. The molecule has 0 N–H and O–H groups in total. The van der Waals surface area contributed by atoms with Crippen molar-refractivity contribution in [2.24, 2.45) is 0 Å². The number of nitro benzene ring substituents is 1. The lowest BCUT2D eigenvalue weighted by Crippen LogP contribution is -1.96. The number of benzene rings is 1. The summed E-state index contributed by atoms with van der Waals surface area (Å²) in [6, 6.07) is 6.22. The van der Waals surface area contributed by atoms with E-state index in [1.54, 1.807) is 19.1 Å². The van der Waals surface area contributed by atoms with Crippen LogP contribution in [-0.4, -0.2) is 14.9 Å². The predicted octanol–water partition coefficient (Wildman–Crippen LogP) is 3.32. The highest BCUT2D eigenvalue weighted by atomic mass is 35.5. The molecule has 0 bridgehead atoms. The molecule has 0 aliphatic rings. The van der Waals surface area contributed by atoms with Crippen LogP contribution >= 0.6 is 11.6 Å². The molecule has 2 aromatic rings. The van der Waals surface area contributed by atoms with E-state index in [0.717, 1.165) is 11.3 Å². The summed E-state index contributed by atoms with van der Waals surface area (Å²) in [5.41, 5.74) is 2.21. The second-order valence-electron chi connectivity index (χ2n) is 3.91. The van der Waals surface area contributed by atoms with Crippen molar-refractivity contribution in [3.8, 4) is 11.4 Å². The van der Waals surface area contributed by atoms with Gasteiger partial charge in [-0.15, -0.1) is 0 Å². The Morgan fingerprint density at radius 3 is 2.56 bits per heavy atom. The van der Waals surface area contributed by atoms with Gasteiger partial charge in [0, 0.05) is 23.4 Å². The average molecular weight is 264 g/mol. The Morgan fingerprint density at radius 1 is 1.22 bits per heavy atom. The van der Waals surface area contributed by atoms with E-state index in [0.29, 0.717) is 16.5 Å². The van der Waals surface area contributed by atoms with Gasteiger partial charge in [-0.3, -0.25) is 10.1 Å². The molecule has 18 heavy (non-hydrogen) atoms. The van der Waals surface area contributed by atoms with Crippen LogP contribution in [0.1, 0.15) is 11.3 Å². The van der Waals surface area contributed by atoms with Gasteiger partial charge in [0.1, 0.15) is 5.15 Å². The smallest absolute Gasteiger partial charge is 0.258 e. The maximum atomic E-state index is 10.8. The Labute approximate surface area is 109 Å². The van der Waals surface area contributed by atoms with Crippen LogP contribution in [0.25, 0.3) is 11.4 Å². The molecular weight excluding hydrogens is 254 g/mol. The third-order valence-corrected chi connectivity index (χ3v) is 2.69. The first kappa shape index (κ1) is 12.4. The Hall–Kier alpha value is -2.01. The van der Waals surface area contributed by atoms with E-state index in [2.05, 4.69) is 9.97 Å². The van der Waals surface area contributed by atoms with Crippen molar-refractivity contribution in [3.05, 3.63) is 50.8 Å². The standard InChI is InChI=1S/C12H10ClN3O2/c1-7-3-4-9(16(17)18)6-10(7)12-14-8(2)5-11(13)15-12/h3-6H,1-2H3. The van der Waals surface area contributed by atoms with Gasteiger partial charge in [0.25, 0.3) is 5.69 Å².